The van der Waals surface area contributed by atoms with Crippen molar-refractivity contribution >= 4 is 10.8 Å². The molecule has 138 valence electrons. The Kier molecular flexibility index (Phi) is 3.96. The predicted octanol–water partition coefficient (Wildman–Crippen LogP) is 5.23. The number of aryl methyl sites for hydroxylation is 2. The minimum absolute atomic E-state index is 0.818. The Morgan fingerprint density at radius 1 is 0.643 bits per heavy atom. The normalized spacial score (nSPS) is 14.8. The molecule has 0 saturated carbocycles. The molecule has 4 aromatic rings. The van der Waals surface area contributed by atoms with Crippen LogP contribution in [0.25, 0.3) is 10.8 Å². The van der Waals surface area contributed by atoms with E-state index < -0.39 is 5.60 Å². The first-order valence-corrected chi connectivity index (χ1v) is 9.69. The molecule has 2 heteroatoms. The van der Waals surface area contributed by atoms with E-state index in [9.17, 15) is 5.11 Å². The largest absolute Gasteiger partial charge is 0.496 e. The maximum Gasteiger partial charge on any atom is 0.141 e. The molecule has 0 amide bonds. The summed E-state index contributed by atoms with van der Waals surface area (Å²) in [5, 5.41) is 14.5. The molecule has 0 radical (unpaired) electrons. The van der Waals surface area contributed by atoms with Crippen molar-refractivity contribution in [2.75, 3.05) is 7.11 Å². The summed E-state index contributed by atoms with van der Waals surface area (Å²) in [5.74, 6) is 0.818. The first kappa shape index (κ1) is 17.0. The van der Waals surface area contributed by atoms with Crippen molar-refractivity contribution in [3.05, 3.63) is 113 Å². The third kappa shape index (κ3) is 2.38. The van der Waals surface area contributed by atoms with E-state index >= 15 is 0 Å². The fraction of sp³-hybridized carbons (Fsp3) is 0.154. The SMILES string of the molecule is COc1ccc(C2(O)c3ccccc3CCc3ccccc32)c2ccccc12. The topological polar surface area (TPSA) is 29.5 Å². The minimum Gasteiger partial charge on any atom is -0.496 e. The highest BCUT2D eigenvalue weighted by molar-refractivity contribution is 5.92. The van der Waals surface area contributed by atoms with Crippen LogP contribution in [0.4, 0.5) is 0 Å². The van der Waals surface area contributed by atoms with Crippen LogP contribution < -0.4 is 4.74 Å². The highest BCUT2D eigenvalue weighted by atomic mass is 16.5. The molecule has 0 fully saturated rings. The number of fused-ring (bicyclic) bond motifs is 3. The van der Waals surface area contributed by atoms with Crippen LogP contribution in [-0.2, 0) is 18.4 Å². The highest BCUT2D eigenvalue weighted by Gasteiger charge is 2.40. The van der Waals surface area contributed by atoms with E-state index in [0.29, 0.717) is 0 Å². The minimum atomic E-state index is -1.21. The standard InChI is InChI=1S/C26H22O2/c1-28-25-17-16-24(20-10-4-5-11-21(20)25)26(27)22-12-6-2-8-18(22)14-15-19-9-3-7-13-23(19)26/h2-13,16-17,27H,14-15H2,1H3. The van der Waals surface area contributed by atoms with Gasteiger partial charge < -0.3 is 9.84 Å². The molecule has 1 N–H and O–H groups in total. The van der Waals surface area contributed by atoms with Crippen molar-refractivity contribution in [2.24, 2.45) is 0 Å². The number of benzene rings is 4. The van der Waals surface area contributed by atoms with Crippen molar-refractivity contribution in [3.63, 3.8) is 0 Å². The second-order valence-electron chi connectivity index (χ2n) is 7.39. The molecule has 2 nitrogen and oxygen atoms in total. The van der Waals surface area contributed by atoms with Crippen LogP contribution in [0.3, 0.4) is 0 Å². The van der Waals surface area contributed by atoms with Gasteiger partial charge in [-0.15, -0.1) is 0 Å². The fourth-order valence-corrected chi connectivity index (χ4v) is 4.65. The van der Waals surface area contributed by atoms with E-state index in [-0.39, 0.29) is 0 Å². The number of aliphatic hydroxyl groups is 1. The van der Waals surface area contributed by atoms with Crippen LogP contribution in [0.2, 0.25) is 0 Å². The number of hydrogen-bond acceptors (Lipinski definition) is 2. The number of rotatable bonds is 2. The summed E-state index contributed by atoms with van der Waals surface area (Å²) >= 11 is 0. The predicted molar refractivity (Wildman–Crippen MR) is 113 cm³/mol. The average Bonchev–Trinajstić information content (AvgIpc) is 2.89. The van der Waals surface area contributed by atoms with Gasteiger partial charge in [0.05, 0.1) is 7.11 Å². The fourth-order valence-electron chi connectivity index (χ4n) is 4.65. The molecular formula is C26H22O2. The van der Waals surface area contributed by atoms with Gasteiger partial charge in [0.1, 0.15) is 11.4 Å². The summed E-state index contributed by atoms with van der Waals surface area (Å²) in [6.45, 7) is 0. The van der Waals surface area contributed by atoms with Gasteiger partial charge in [-0.2, -0.15) is 0 Å². The van der Waals surface area contributed by atoms with Crippen molar-refractivity contribution < 1.29 is 9.84 Å². The van der Waals surface area contributed by atoms with Gasteiger partial charge in [-0.3, -0.25) is 0 Å². The van der Waals surface area contributed by atoms with Crippen LogP contribution >= 0.6 is 0 Å². The number of methoxy groups -OCH3 is 1. The maximum atomic E-state index is 12.4. The van der Waals surface area contributed by atoms with Crippen LogP contribution in [0, 0.1) is 0 Å². The van der Waals surface area contributed by atoms with Crippen LogP contribution in [-0.4, -0.2) is 12.2 Å². The van der Waals surface area contributed by atoms with Gasteiger partial charge in [0, 0.05) is 10.9 Å². The van der Waals surface area contributed by atoms with E-state index in [4.69, 9.17) is 4.74 Å². The smallest absolute Gasteiger partial charge is 0.141 e. The molecule has 0 aliphatic heterocycles. The summed E-state index contributed by atoms with van der Waals surface area (Å²) in [6.07, 6.45) is 1.84. The Labute approximate surface area is 165 Å². The zero-order valence-electron chi connectivity index (χ0n) is 15.9. The molecule has 0 aromatic heterocycles. The molecule has 0 spiro atoms. The Bertz CT molecular complexity index is 1130. The molecule has 0 saturated heterocycles. The molecule has 0 unspecified atom stereocenters. The zero-order chi connectivity index (χ0) is 19.1. The van der Waals surface area contributed by atoms with Crippen LogP contribution in [0.1, 0.15) is 27.8 Å². The summed E-state index contributed by atoms with van der Waals surface area (Å²) in [5.41, 5.74) is 4.01. The third-order valence-corrected chi connectivity index (χ3v) is 5.97. The van der Waals surface area contributed by atoms with E-state index in [1.807, 2.05) is 36.4 Å². The van der Waals surface area contributed by atoms with Crippen molar-refractivity contribution in [1.82, 2.24) is 0 Å². The van der Waals surface area contributed by atoms with Gasteiger partial charge in [0.25, 0.3) is 0 Å². The molecular weight excluding hydrogens is 344 g/mol. The molecule has 5 rings (SSSR count). The lowest BCUT2D eigenvalue weighted by atomic mass is 9.76. The van der Waals surface area contributed by atoms with Crippen molar-refractivity contribution in [3.8, 4) is 5.75 Å². The van der Waals surface area contributed by atoms with E-state index in [0.717, 1.165) is 46.1 Å². The van der Waals surface area contributed by atoms with Gasteiger partial charge in [0.15, 0.2) is 0 Å². The lowest BCUT2D eigenvalue weighted by Gasteiger charge is -2.33. The van der Waals surface area contributed by atoms with Gasteiger partial charge in [-0.25, -0.2) is 0 Å². The van der Waals surface area contributed by atoms with E-state index in [1.54, 1.807) is 7.11 Å². The number of ether oxygens (including phenoxy) is 1. The van der Waals surface area contributed by atoms with Crippen LogP contribution in [0.5, 0.6) is 5.75 Å². The monoisotopic (exact) mass is 366 g/mol. The third-order valence-electron chi connectivity index (χ3n) is 5.97. The van der Waals surface area contributed by atoms with Crippen LogP contribution in [0.15, 0.2) is 84.9 Å². The summed E-state index contributed by atoms with van der Waals surface area (Å²) in [4.78, 5) is 0. The summed E-state index contributed by atoms with van der Waals surface area (Å²) < 4.78 is 5.58. The first-order valence-electron chi connectivity index (χ1n) is 9.69. The lowest BCUT2D eigenvalue weighted by molar-refractivity contribution is 0.126. The average molecular weight is 366 g/mol. The molecule has 1 aliphatic rings. The highest BCUT2D eigenvalue weighted by Crippen LogP contribution is 2.46. The summed E-state index contributed by atoms with van der Waals surface area (Å²) in [7, 11) is 1.69. The van der Waals surface area contributed by atoms with Gasteiger partial charge in [0.2, 0.25) is 0 Å². The van der Waals surface area contributed by atoms with Gasteiger partial charge >= 0.3 is 0 Å². The van der Waals surface area contributed by atoms with Crippen molar-refractivity contribution in [2.45, 2.75) is 18.4 Å². The first-order chi connectivity index (χ1) is 13.7. The van der Waals surface area contributed by atoms with E-state index in [1.165, 1.54) is 11.1 Å². The zero-order valence-corrected chi connectivity index (χ0v) is 15.9. The molecule has 4 aromatic carbocycles. The Balaban J connectivity index is 1.91. The molecule has 1 aliphatic carbocycles. The second-order valence-corrected chi connectivity index (χ2v) is 7.39. The number of hydrogen-bond donors (Lipinski definition) is 1. The molecule has 0 heterocycles. The van der Waals surface area contributed by atoms with Crippen molar-refractivity contribution in [1.29, 1.82) is 0 Å². The molecule has 28 heavy (non-hydrogen) atoms. The summed E-state index contributed by atoms with van der Waals surface area (Å²) in [6, 6.07) is 28.7. The van der Waals surface area contributed by atoms with Gasteiger partial charge in [-0.05, 0) is 46.5 Å². The maximum absolute atomic E-state index is 12.4. The Morgan fingerprint density at radius 2 is 1.18 bits per heavy atom. The Hall–Kier alpha value is -3.10. The van der Waals surface area contributed by atoms with Gasteiger partial charge in [-0.1, -0.05) is 78.9 Å². The second kappa shape index (κ2) is 6.50. The Morgan fingerprint density at radius 3 is 1.79 bits per heavy atom. The molecule has 0 atom stereocenters. The molecule has 0 bridgehead atoms. The lowest BCUT2D eigenvalue weighted by Crippen LogP contribution is -2.30. The van der Waals surface area contributed by atoms with E-state index in [2.05, 4.69) is 48.5 Å². The quantitative estimate of drug-likeness (QED) is 0.526.